The first-order valence-corrected chi connectivity index (χ1v) is 8.34. The van der Waals surface area contributed by atoms with Crippen LogP contribution in [-0.2, 0) is 21.3 Å². The molecule has 0 aromatic heterocycles. The highest BCUT2D eigenvalue weighted by Gasteiger charge is 2.33. The average molecular weight is 298 g/mol. The Balaban J connectivity index is 2.38. The van der Waals surface area contributed by atoms with E-state index in [2.05, 4.69) is 0 Å². The molecule has 2 N–H and O–H groups in total. The molecule has 0 spiro atoms. The molecule has 1 fully saturated rings. The summed E-state index contributed by atoms with van der Waals surface area (Å²) in [6, 6.07) is 5.20. The lowest BCUT2D eigenvalue weighted by molar-refractivity contribution is 0.0314. The molecule has 0 radical (unpaired) electrons. The van der Waals surface area contributed by atoms with Crippen LogP contribution in [-0.4, -0.2) is 38.5 Å². The van der Waals surface area contributed by atoms with Crippen LogP contribution in [0.25, 0.3) is 0 Å². The van der Waals surface area contributed by atoms with Gasteiger partial charge in [0.15, 0.2) is 0 Å². The van der Waals surface area contributed by atoms with Gasteiger partial charge in [-0.3, -0.25) is 0 Å². The van der Waals surface area contributed by atoms with Crippen LogP contribution in [0.2, 0.25) is 0 Å². The van der Waals surface area contributed by atoms with Crippen molar-refractivity contribution in [3.8, 4) is 0 Å². The Labute approximate surface area is 120 Å². The highest BCUT2D eigenvalue weighted by Crippen LogP contribution is 2.25. The number of aryl methyl sites for hydroxylation is 1. The van der Waals surface area contributed by atoms with E-state index in [9.17, 15) is 8.42 Å². The third kappa shape index (κ3) is 2.88. The summed E-state index contributed by atoms with van der Waals surface area (Å²) in [4.78, 5) is 0.370. The van der Waals surface area contributed by atoms with Crippen LogP contribution in [0.5, 0.6) is 0 Å². The Morgan fingerprint density at radius 3 is 2.80 bits per heavy atom. The Bertz CT molecular complexity index is 572. The quantitative estimate of drug-likeness (QED) is 0.908. The maximum absolute atomic E-state index is 12.8. The Hall–Kier alpha value is -0.950. The zero-order valence-electron chi connectivity index (χ0n) is 12.0. The molecule has 0 saturated carbocycles. The van der Waals surface area contributed by atoms with Crippen molar-refractivity contribution in [3.05, 3.63) is 29.3 Å². The van der Waals surface area contributed by atoms with Crippen molar-refractivity contribution >= 4 is 10.0 Å². The first-order valence-electron chi connectivity index (χ1n) is 6.90. The summed E-state index contributed by atoms with van der Waals surface area (Å²) in [5.41, 5.74) is 7.27. The van der Waals surface area contributed by atoms with E-state index in [4.69, 9.17) is 10.5 Å². The van der Waals surface area contributed by atoms with Gasteiger partial charge in [-0.25, -0.2) is 8.42 Å². The Morgan fingerprint density at radius 1 is 1.45 bits per heavy atom. The number of morpholine rings is 1. The third-order valence-corrected chi connectivity index (χ3v) is 5.82. The van der Waals surface area contributed by atoms with E-state index in [1.165, 1.54) is 0 Å². The minimum atomic E-state index is -3.47. The van der Waals surface area contributed by atoms with Gasteiger partial charge < -0.3 is 10.5 Å². The van der Waals surface area contributed by atoms with Crippen molar-refractivity contribution in [2.75, 3.05) is 19.8 Å². The summed E-state index contributed by atoms with van der Waals surface area (Å²) in [5, 5.41) is 0. The van der Waals surface area contributed by atoms with Crippen molar-refractivity contribution < 1.29 is 13.2 Å². The molecule has 112 valence electrons. The molecule has 20 heavy (non-hydrogen) atoms. The molecule has 1 aliphatic heterocycles. The van der Waals surface area contributed by atoms with E-state index in [1.807, 2.05) is 19.9 Å². The van der Waals surface area contributed by atoms with Crippen LogP contribution in [0.3, 0.4) is 0 Å². The van der Waals surface area contributed by atoms with E-state index < -0.39 is 10.0 Å². The van der Waals surface area contributed by atoms with Gasteiger partial charge in [-0.15, -0.1) is 0 Å². The molecule has 1 aromatic carbocycles. The van der Waals surface area contributed by atoms with E-state index in [1.54, 1.807) is 16.4 Å². The van der Waals surface area contributed by atoms with Crippen LogP contribution in [0.1, 0.15) is 24.5 Å². The number of hydrogen-bond acceptors (Lipinski definition) is 4. The molecule has 1 unspecified atom stereocenters. The second-order valence-corrected chi connectivity index (χ2v) is 6.92. The van der Waals surface area contributed by atoms with Gasteiger partial charge in [-0.2, -0.15) is 4.31 Å². The molecular weight excluding hydrogens is 276 g/mol. The average Bonchev–Trinajstić information content (AvgIpc) is 2.46. The van der Waals surface area contributed by atoms with Crippen LogP contribution < -0.4 is 5.73 Å². The van der Waals surface area contributed by atoms with Gasteiger partial charge >= 0.3 is 0 Å². The second-order valence-electron chi connectivity index (χ2n) is 5.06. The fraction of sp³-hybridized carbons (Fsp3) is 0.571. The van der Waals surface area contributed by atoms with E-state index >= 15 is 0 Å². The van der Waals surface area contributed by atoms with E-state index in [0.29, 0.717) is 31.2 Å². The van der Waals surface area contributed by atoms with Crippen molar-refractivity contribution in [1.29, 1.82) is 0 Å². The van der Waals surface area contributed by atoms with Gasteiger partial charge in [0.1, 0.15) is 0 Å². The van der Waals surface area contributed by atoms with Gasteiger partial charge in [0, 0.05) is 19.1 Å². The zero-order chi connectivity index (χ0) is 14.8. The number of sulfonamides is 1. The second kappa shape index (κ2) is 6.22. The van der Waals surface area contributed by atoms with Gasteiger partial charge in [0.25, 0.3) is 0 Å². The number of ether oxygens (including phenoxy) is 1. The minimum Gasteiger partial charge on any atom is -0.378 e. The molecule has 2 rings (SSSR count). The van der Waals surface area contributed by atoms with Crippen LogP contribution in [0.15, 0.2) is 23.1 Å². The van der Waals surface area contributed by atoms with Crippen molar-refractivity contribution in [2.45, 2.75) is 37.8 Å². The monoisotopic (exact) mass is 298 g/mol. The molecule has 0 amide bonds. The topological polar surface area (TPSA) is 72.6 Å². The summed E-state index contributed by atoms with van der Waals surface area (Å²) in [7, 11) is -3.47. The number of rotatable bonds is 4. The van der Waals surface area contributed by atoms with Crippen LogP contribution in [0.4, 0.5) is 0 Å². The highest BCUT2D eigenvalue weighted by molar-refractivity contribution is 7.89. The lowest BCUT2D eigenvalue weighted by Crippen LogP contribution is -2.48. The number of nitrogens with zero attached hydrogens (tertiary/aromatic N) is 1. The first kappa shape index (κ1) is 15.4. The summed E-state index contributed by atoms with van der Waals surface area (Å²) in [6.07, 6.45) is 0.749. The number of hydrogen-bond donors (Lipinski definition) is 1. The van der Waals surface area contributed by atoms with Gasteiger partial charge in [-0.1, -0.05) is 19.1 Å². The fourth-order valence-corrected chi connectivity index (χ4v) is 4.41. The highest BCUT2D eigenvalue weighted by atomic mass is 32.2. The summed E-state index contributed by atoms with van der Waals surface area (Å²) in [5.74, 6) is 0. The minimum absolute atomic E-state index is 0.0812. The molecule has 0 aliphatic carbocycles. The Morgan fingerprint density at radius 2 is 2.20 bits per heavy atom. The van der Waals surface area contributed by atoms with Crippen molar-refractivity contribution in [2.24, 2.45) is 5.73 Å². The molecule has 0 bridgehead atoms. The normalized spacial score (nSPS) is 21.1. The van der Waals surface area contributed by atoms with E-state index in [0.717, 1.165) is 17.5 Å². The van der Waals surface area contributed by atoms with Gasteiger partial charge in [0.2, 0.25) is 10.0 Å². The van der Waals surface area contributed by atoms with Gasteiger partial charge in [-0.05, 0) is 30.5 Å². The van der Waals surface area contributed by atoms with Crippen molar-refractivity contribution in [1.82, 2.24) is 4.31 Å². The predicted molar refractivity (Wildman–Crippen MR) is 77.9 cm³/mol. The van der Waals surface area contributed by atoms with Crippen LogP contribution >= 0.6 is 0 Å². The molecule has 1 atom stereocenters. The molecule has 5 nitrogen and oxygen atoms in total. The number of benzene rings is 1. The molecule has 6 heteroatoms. The zero-order valence-corrected chi connectivity index (χ0v) is 12.8. The molecule has 1 saturated heterocycles. The summed E-state index contributed by atoms with van der Waals surface area (Å²) in [6.45, 7) is 5.54. The Kier molecular flexibility index (Phi) is 4.80. The smallest absolute Gasteiger partial charge is 0.243 e. The molecule has 1 heterocycles. The largest absolute Gasteiger partial charge is 0.378 e. The third-order valence-electron chi connectivity index (χ3n) is 3.71. The maximum Gasteiger partial charge on any atom is 0.243 e. The standard InChI is InChI=1S/C14H22N2O3S/c1-3-13-10-19-7-6-16(13)20(17,18)14-5-4-12(9-15)8-11(14)2/h4-5,8,13H,3,6-7,9-10,15H2,1-2H3. The van der Waals surface area contributed by atoms with Crippen molar-refractivity contribution in [3.63, 3.8) is 0 Å². The lowest BCUT2D eigenvalue weighted by atomic mass is 10.1. The maximum atomic E-state index is 12.8. The fourth-order valence-electron chi connectivity index (χ4n) is 2.53. The van der Waals surface area contributed by atoms with Gasteiger partial charge in [0.05, 0.1) is 18.1 Å². The van der Waals surface area contributed by atoms with E-state index in [-0.39, 0.29) is 6.04 Å². The summed E-state index contributed by atoms with van der Waals surface area (Å²) < 4.78 is 32.6. The molecular formula is C14H22N2O3S. The first-order chi connectivity index (χ1) is 9.50. The summed E-state index contributed by atoms with van der Waals surface area (Å²) >= 11 is 0. The number of nitrogens with two attached hydrogens (primary N) is 1. The molecule has 1 aromatic rings. The van der Waals surface area contributed by atoms with Crippen LogP contribution in [0, 0.1) is 6.92 Å². The predicted octanol–water partition coefficient (Wildman–Crippen LogP) is 1.25. The SMILES string of the molecule is CCC1COCCN1S(=O)(=O)c1ccc(CN)cc1C. The molecule has 1 aliphatic rings. The lowest BCUT2D eigenvalue weighted by Gasteiger charge is -2.34.